The maximum Gasteiger partial charge on any atom is 0.246 e. The fraction of sp³-hybridized carbons (Fsp3) is 0.500. The number of hydrogen-bond donors (Lipinski definition) is 2. The van der Waals surface area contributed by atoms with Gasteiger partial charge in [0, 0.05) is 12.6 Å². The van der Waals surface area contributed by atoms with Gasteiger partial charge in [-0.1, -0.05) is 6.07 Å². The molecule has 2 unspecified atom stereocenters. The van der Waals surface area contributed by atoms with Crippen LogP contribution in [0.1, 0.15) is 12.5 Å². The molecule has 104 valence electrons. The maximum absolute atomic E-state index is 12.3. The Hall–Kier alpha value is -1.59. The Balaban J connectivity index is 2.38. The average Bonchev–Trinajstić information content (AvgIpc) is 2.41. The van der Waals surface area contributed by atoms with E-state index in [1.807, 2.05) is 32.0 Å². The van der Waals surface area contributed by atoms with Crippen molar-refractivity contribution in [2.24, 2.45) is 0 Å². The number of methoxy groups -OCH3 is 1. The number of carbonyl (C=O) groups excluding carboxylic acids is 1. The number of benzene rings is 1. The third kappa shape index (κ3) is 2.72. The zero-order valence-corrected chi connectivity index (χ0v) is 11.5. The number of aliphatic hydroxyl groups excluding tert-OH is 1. The molecule has 2 rings (SSSR count). The normalized spacial score (nSPS) is 23.6. The summed E-state index contributed by atoms with van der Waals surface area (Å²) in [6, 6.07) is 5.32. The van der Waals surface area contributed by atoms with Gasteiger partial charge in [0.1, 0.15) is 11.8 Å². The monoisotopic (exact) mass is 264 g/mol. The van der Waals surface area contributed by atoms with E-state index in [1.54, 1.807) is 12.0 Å². The Labute approximate surface area is 113 Å². The van der Waals surface area contributed by atoms with E-state index < -0.39 is 6.04 Å². The van der Waals surface area contributed by atoms with Crippen molar-refractivity contribution >= 4 is 11.6 Å². The van der Waals surface area contributed by atoms with Gasteiger partial charge in [-0.15, -0.1) is 0 Å². The number of nitrogens with zero attached hydrogens (tertiary/aromatic N) is 1. The molecule has 2 N–H and O–H groups in total. The molecule has 5 heteroatoms. The summed E-state index contributed by atoms with van der Waals surface area (Å²) in [5.74, 6) is 0.550. The van der Waals surface area contributed by atoms with Gasteiger partial charge in [0.05, 0.1) is 19.4 Å². The summed E-state index contributed by atoms with van der Waals surface area (Å²) in [6.45, 7) is 4.33. The van der Waals surface area contributed by atoms with Crippen LogP contribution in [0.25, 0.3) is 0 Å². The van der Waals surface area contributed by atoms with Crippen LogP contribution in [0.4, 0.5) is 5.69 Å². The largest absolute Gasteiger partial charge is 0.495 e. The van der Waals surface area contributed by atoms with Crippen molar-refractivity contribution in [3.63, 3.8) is 0 Å². The molecule has 5 nitrogen and oxygen atoms in total. The van der Waals surface area contributed by atoms with Crippen molar-refractivity contribution in [3.8, 4) is 5.75 Å². The fourth-order valence-electron chi connectivity index (χ4n) is 2.38. The highest BCUT2D eigenvalue weighted by Crippen LogP contribution is 2.31. The minimum atomic E-state index is -0.547. The molecular formula is C14H20N2O3. The van der Waals surface area contributed by atoms with Crippen molar-refractivity contribution < 1.29 is 14.6 Å². The average molecular weight is 264 g/mol. The molecule has 1 aliphatic heterocycles. The van der Waals surface area contributed by atoms with Gasteiger partial charge >= 0.3 is 0 Å². The van der Waals surface area contributed by atoms with Gasteiger partial charge < -0.3 is 14.7 Å². The maximum atomic E-state index is 12.3. The summed E-state index contributed by atoms with van der Waals surface area (Å²) in [5.41, 5.74) is 1.83. The van der Waals surface area contributed by atoms with E-state index in [-0.39, 0.29) is 18.6 Å². The Morgan fingerprint density at radius 3 is 2.89 bits per heavy atom. The molecule has 0 aliphatic carbocycles. The summed E-state index contributed by atoms with van der Waals surface area (Å²) < 4.78 is 5.33. The van der Waals surface area contributed by atoms with Gasteiger partial charge in [0.25, 0.3) is 0 Å². The van der Waals surface area contributed by atoms with Crippen molar-refractivity contribution in [3.05, 3.63) is 23.8 Å². The van der Waals surface area contributed by atoms with Gasteiger partial charge in [-0.2, -0.15) is 0 Å². The first-order valence-electron chi connectivity index (χ1n) is 6.39. The van der Waals surface area contributed by atoms with E-state index in [9.17, 15) is 9.90 Å². The number of aryl methyl sites for hydroxylation is 1. The second kappa shape index (κ2) is 5.59. The second-order valence-electron chi connectivity index (χ2n) is 4.93. The molecule has 0 aromatic heterocycles. The van der Waals surface area contributed by atoms with Crippen LogP contribution in [0, 0.1) is 6.92 Å². The van der Waals surface area contributed by atoms with E-state index in [4.69, 9.17) is 4.74 Å². The van der Waals surface area contributed by atoms with E-state index in [1.165, 1.54) is 0 Å². The van der Waals surface area contributed by atoms with Crippen LogP contribution in [0.3, 0.4) is 0 Å². The SMILES string of the molecule is COc1ccc(C)cc1N1CC(C)NC(CO)C1=O. The molecule has 0 saturated carbocycles. The molecule has 0 spiro atoms. The molecule has 1 aromatic carbocycles. The van der Waals surface area contributed by atoms with Crippen LogP contribution >= 0.6 is 0 Å². The molecule has 1 fully saturated rings. The number of anilines is 1. The van der Waals surface area contributed by atoms with Crippen molar-refractivity contribution in [1.82, 2.24) is 5.32 Å². The predicted octanol–water partition coefficient (Wildman–Crippen LogP) is 0.689. The quantitative estimate of drug-likeness (QED) is 0.843. The van der Waals surface area contributed by atoms with Crippen LogP contribution < -0.4 is 15.0 Å². The van der Waals surface area contributed by atoms with E-state index in [0.717, 1.165) is 11.3 Å². The number of nitrogens with one attached hydrogen (secondary N) is 1. The van der Waals surface area contributed by atoms with Gasteiger partial charge in [0.2, 0.25) is 5.91 Å². The number of amides is 1. The molecule has 19 heavy (non-hydrogen) atoms. The lowest BCUT2D eigenvalue weighted by Gasteiger charge is -2.37. The molecule has 2 atom stereocenters. The minimum absolute atomic E-state index is 0.121. The van der Waals surface area contributed by atoms with Gasteiger partial charge in [-0.25, -0.2) is 0 Å². The smallest absolute Gasteiger partial charge is 0.246 e. The van der Waals surface area contributed by atoms with Crippen LogP contribution in [0.2, 0.25) is 0 Å². The summed E-state index contributed by atoms with van der Waals surface area (Å²) >= 11 is 0. The lowest BCUT2D eigenvalue weighted by molar-refractivity contribution is -0.123. The number of hydrogen-bond acceptors (Lipinski definition) is 4. The third-order valence-electron chi connectivity index (χ3n) is 3.31. The predicted molar refractivity (Wildman–Crippen MR) is 73.6 cm³/mol. The van der Waals surface area contributed by atoms with Gasteiger partial charge in [0.15, 0.2) is 0 Å². The lowest BCUT2D eigenvalue weighted by Crippen LogP contribution is -2.60. The van der Waals surface area contributed by atoms with Gasteiger partial charge in [-0.3, -0.25) is 10.1 Å². The zero-order valence-electron chi connectivity index (χ0n) is 11.5. The van der Waals surface area contributed by atoms with Crippen LogP contribution in [-0.2, 0) is 4.79 Å². The fourth-order valence-corrected chi connectivity index (χ4v) is 2.38. The standard InChI is InChI=1S/C14H20N2O3/c1-9-4-5-13(19-3)12(6-9)16-7-10(2)15-11(8-17)14(16)18/h4-6,10-11,15,17H,7-8H2,1-3H3. The topological polar surface area (TPSA) is 61.8 Å². The first-order chi connectivity index (χ1) is 9.06. The van der Waals surface area contributed by atoms with E-state index >= 15 is 0 Å². The number of piperazine rings is 1. The molecule has 1 amide bonds. The number of ether oxygens (including phenoxy) is 1. The highest BCUT2D eigenvalue weighted by Gasteiger charge is 2.33. The van der Waals surface area contributed by atoms with Crippen molar-refractivity contribution in [2.75, 3.05) is 25.2 Å². The highest BCUT2D eigenvalue weighted by atomic mass is 16.5. The van der Waals surface area contributed by atoms with Crippen molar-refractivity contribution in [2.45, 2.75) is 25.9 Å². The minimum Gasteiger partial charge on any atom is -0.495 e. The summed E-state index contributed by atoms with van der Waals surface area (Å²) in [7, 11) is 1.59. The number of carbonyl (C=O) groups is 1. The summed E-state index contributed by atoms with van der Waals surface area (Å²) in [6.07, 6.45) is 0. The first kappa shape index (κ1) is 13.8. The summed E-state index contributed by atoms with van der Waals surface area (Å²) in [4.78, 5) is 14.0. The Kier molecular flexibility index (Phi) is 4.07. The van der Waals surface area contributed by atoms with E-state index in [0.29, 0.717) is 12.3 Å². The zero-order chi connectivity index (χ0) is 14.0. The lowest BCUT2D eigenvalue weighted by atomic mass is 10.1. The Morgan fingerprint density at radius 1 is 1.53 bits per heavy atom. The highest BCUT2D eigenvalue weighted by molar-refractivity contribution is 5.99. The van der Waals surface area contributed by atoms with Crippen LogP contribution in [-0.4, -0.2) is 43.4 Å². The molecule has 1 saturated heterocycles. The number of rotatable bonds is 3. The Bertz CT molecular complexity index is 476. The van der Waals surface area contributed by atoms with E-state index in [2.05, 4.69) is 5.32 Å². The van der Waals surface area contributed by atoms with Crippen LogP contribution in [0.5, 0.6) is 5.75 Å². The number of aliphatic hydroxyl groups is 1. The third-order valence-corrected chi connectivity index (χ3v) is 3.31. The molecule has 1 aromatic rings. The van der Waals surface area contributed by atoms with Gasteiger partial charge in [-0.05, 0) is 31.5 Å². The first-order valence-corrected chi connectivity index (χ1v) is 6.39. The molecule has 1 aliphatic rings. The summed E-state index contributed by atoms with van der Waals surface area (Å²) in [5, 5.41) is 12.4. The Morgan fingerprint density at radius 2 is 2.26 bits per heavy atom. The molecule has 0 radical (unpaired) electrons. The molecule has 1 heterocycles. The van der Waals surface area contributed by atoms with Crippen LogP contribution in [0.15, 0.2) is 18.2 Å². The second-order valence-corrected chi connectivity index (χ2v) is 4.93. The molecular weight excluding hydrogens is 244 g/mol. The van der Waals surface area contributed by atoms with Crippen molar-refractivity contribution in [1.29, 1.82) is 0 Å². The molecule has 0 bridgehead atoms.